The summed E-state index contributed by atoms with van der Waals surface area (Å²) in [7, 11) is 1.97. The maximum atomic E-state index is 11.1. The zero-order chi connectivity index (χ0) is 22.7. The van der Waals surface area contributed by atoms with Gasteiger partial charge in [-0.15, -0.1) is 0 Å². The predicted molar refractivity (Wildman–Crippen MR) is 123 cm³/mol. The Morgan fingerprint density at radius 3 is 2.75 bits per heavy atom. The van der Waals surface area contributed by atoms with Crippen LogP contribution in [0.3, 0.4) is 0 Å². The number of hydrogen-bond donors (Lipinski definition) is 0. The number of nitrogens with zero attached hydrogens (tertiary/aromatic N) is 3. The van der Waals surface area contributed by atoms with Crippen LogP contribution < -0.4 is 14.6 Å². The van der Waals surface area contributed by atoms with Crippen molar-refractivity contribution in [2.45, 2.75) is 37.1 Å². The zero-order valence-corrected chi connectivity index (χ0v) is 18.5. The number of unbranched alkanes of at least 4 members (excludes halogenated alkanes) is 2. The highest BCUT2D eigenvalue weighted by Crippen LogP contribution is 2.47. The number of nitro groups is 1. The van der Waals surface area contributed by atoms with Crippen LogP contribution >= 0.6 is 11.8 Å². The Kier molecular flexibility index (Phi) is 6.41. The van der Waals surface area contributed by atoms with E-state index in [0.717, 1.165) is 51.5 Å². The first kappa shape index (κ1) is 21.8. The van der Waals surface area contributed by atoms with E-state index in [-0.39, 0.29) is 17.0 Å². The lowest BCUT2D eigenvalue weighted by Gasteiger charge is -2.13. The van der Waals surface area contributed by atoms with Crippen LogP contribution in [0.25, 0.3) is 17.0 Å². The largest absolute Gasteiger partial charge is 0.550 e. The van der Waals surface area contributed by atoms with Crippen molar-refractivity contribution < 1.29 is 19.4 Å². The van der Waals surface area contributed by atoms with Gasteiger partial charge in [-0.25, -0.2) is 0 Å². The molecule has 2 heterocycles. The number of non-ortho nitro benzene ring substituents is 1. The number of nitro benzene ring substituents is 1. The summed E-state index contributed by atoms with van der Waals surface area (Å²) < 4.78 is 2.19. The van der Waals surface area contributed by atoms with E-state index in [9.17, 15) is 20.0 Å². The molecule has 0 amide bonds. The number of thioether (sulfide) groups is 1. The number of aryl methyl sites for hydroxylation is 1. The van der Waals surface area contributed by atoms with Crippen LogP contribution in [0.15, 0.2) is 64.7 Å². The van der Waals surface area contributed by atoms with Gasteiger partial charge in [-0.2, -0.15) is 4.57 Å². The lowest BCUT2D eigenvalue weighted by molar-refractivity contribution is -0.671. The molecule has 1 aliphatic rings. The average Bonchev–Trinajstić information content (AvgIpc) is 3.09. The molecule has 0 radical (unpaired) electrons. The van der Waals surface area contributed by atoms with Gasteiger partial charge in [0.05, 0.1) is 21.0 Å². The van der Waals surface area contributed by atoms with E-state index in [0.29, 0.717) is 6.42 Å². The molecule has 7 nitrogen and oxygen atoms in total. The van der Waals surface area contributed by atoms with E-state index in [2.05, 4.69) is 39.9 Å². The number of aliphatic carboxylic acids is 1. The molecule has 0 atom stereocenters. The summed E-state index contributed by atoms with van der Waals surface area (Å²) in [5.74, 6) is -0.994. The monoisotopic (exact) mass is 449 g/mol. The highest BCUT2D eigenvalue weighted by molar-refractivity contribution is 8.03. The van der Waals surface area contributed by atoms with Crippen LogP contribution in [0.5, 0.6) is 0 Å². The normalized spacial score (nSPS) is 14.2. The Morgan fingerprint density at radius 2 is 1.97 bits per heavy atom. The lowest BCUT2D eigenvalue weighted by atomic mass is 10.1. The number of aromatic nitrogens is 1. The van der Waals surface area contributed by atoms with Gasteiger partial charge in [0, 0.05) is 48.6 Å². The zero-order valence-electron chi connectivity index (χ0n) is 17.7. The molecule has 1 aromatic heterocycles. The van der Waals surface area contributed by atoms with Crippen molar-refractivity contribution in [1.29, 1.82) is 0 Å². The number of pyridine rings is 1. The molecule has 1 aliphatic heterocycles. The molecule has 32 heavy (non-hydrogen) atoms. The molecule has 0 aliphatic carbocycles. The van der Waals surface area contributed by atoms with E-state index in [1.807, 2.05) is 19.2 Å². The second-order valence-corrected chi connectivity index (χ2v) is 8.78. The van der Waals surface area contributed by atoms with E-state index in [1.54, 1.807) is 12.1 Å². The first-order chi connectivity index (χ1) is 15.4. The van der Waals surface area contributed by atoms with E-state index < -0.39 is 5.97 Å². The Morgan fingerprint density at radius 1 is 1.16 bits per heavy atom. The minimum Gasteiger partial charge on any atom is -0.550 e. The number of hydrogen-bond acceptors (Lipinski definition) is 6. The van der Waals surface area contributed by atoms with Gasteiger partial charge in [0.2, 0.25) is 5.52 Å². The fourth-order valence-corrected chi connectivity index (χ4v) is 5.03. The number of benzene rings is 2. The summed E-state index contributed by atoms with van der Waals surface area (Å²) >= 11 is 1.53. The highest BCUT2D eigenvalue weighted by Gasteiger charge is 2.25. The Balaban J connectivity index is 1.58. The van der Waals surface area contributed by atoms with E-state index in [4.69, 9.17) is 0 Å². The molecule has 0 N–H and O–H groups in total. The smallest absolute Gasteiger partial charge is 0.270 e. The van der Waals surface area contributed by atoms with E-state index in [1.165, 1.54) is 17.8 Å². The van der Waals surface area contributed by atoms with Gasteiger partial charge in [-0.1, -0.05) is 23.9 Å². The van der Waals surface area contributed by atoms with Crippen LogP contribution in [0.4, 0.5) is 11.4 Å². The molecule has 0 saturated carbocycles. The number of rotatable bonds is 8. The molecule has 0 bridgehead atoms. The molecule has 8 heteroatoms. The van der Waals surface area contributed by atoms with Gasteiger partial charge < -0.3 is 14.8 Å². The molecular weight excluding hydrogens is 426 g/mol. The third-order valence-electron chi connectivity index (χ3n) is 5.58. The molecule has 0 spiro atoms. The number of fused-ring (bicyclic) bond motifs is 2. The molecule has 0 fully saturated rings. The first-order valence-corrected chi connectivity index (χ1v) is 11.3. The summed E-state index contributed by atoms with van der Waals surface area (Å²) in [6, 6.07) is 15.2. The van der Waals surface area contributed by atoms with Crippen molar-refractivity contribution in [3.8, 4) is 0 Å². The van der Waals surface area contributed by atoms with Crippen LogP contribution in [0.2, 0.25) is 0 Å². The van der Waals surface area contributed by atoms with Crippen LogP contribution in [-0.4, -0.2) is 17.9 Å². The van der Waals surface area contributed by atoms with Gasteiger partial charge in [0.25, 0.3) is 5.69 Å². The topological polar surface area (TPSA) is 90.4 Å². The van der Waals surface area contributed by atoms with Gasteiger partial charge in [-0.3, -0.25) is 10.1 Å². The quantitative estimate of drug-likeness (QED) is 0.224. The van der Waals surface area contributed by atoms with Gasteiger partial charge >= 0.3 is 0 Å². The number of para-hydroxylation sites is 1. The number of carboxylic acids is 1. The fourth-order valence-electron chi connectivity index (χ4n) is 3.89. The Bertz CT molecular complexity index is 1230. The maximum Gasteiger partial charge on any atom is 0.270 e. The number of anilines is 1. The Labute approximate surface area is 190 Å². The van der Waals surface area contributed by atoms with Crippen molar-refractivity contribution in [1.82, 2.24) is 0 Å². The second kappa shape index (κ2) is 9.40. The molecule has 2 aromatic carbocycles. The highest BCUT2D eigenvalue weighted by atomic mass is 32.2. The van der Waals surface area contributed by atoms with Crippen molar-refractivity contribution in [2.75, 3.05) is 11.9 Å². The van der Waals surface area contributed by atoms with Gasteiger partial charge in [0.15, 0.2) is 6.20 Å². The molecule has 3 aromatic rings. The minimum atomic E-state index is -0.994. The average molecular weight is 450 g/mol. The van der Waals surface area contributed by atoms with E-state index >= 15 is 0 Å². The molecule has 0 unspecified atom stereocenters. The van der Waals surface area contributed by atoms with Crippen molar-refractivity contribution in [3.05, 3.63) is 75.4 Å². The van der Waals surface area contributed by atoms with Crippen molar-refractivity contribution >= 4 is 46.1 Å². The summed E-state index contributed by atoms with van der Waals surface area (Å²) in [6.07, 6.45) is 6.65. The maximum absolute atomic E-state index is 11.1. The number of carboxylic acid groups (broad SMARTS) is 1. The minimum absolute atomic E-state index is 0.0942. The summed E-state index contributed by atoms with van der Waals surface area (Å²) in [6.45, 7) is 0.814. The van der Waals surface area contributed by atoms with Crippen molar-refractivity contribution in [3.63, 3.8) is 0 Å². The van der Waals surface area contributed by atoms with Crippen LogP contribution in [0.1, 0.15) is 31.2 Å². The SMILES string of the molecule is CN1/C(=C/c2cc[n+](CCCCCC(=O)[O-])c3ccccc23)Sc2cc([N+](=O)[O-])ccc21. The fraction of sp³-hybridized carbons (Fsp3) is 0.250. The summed E-state index contributed by atoms with van der Waals surface area (Å²) in [5, 5.41) is 23.8. The summed E-state index contributed by atoms with van der Waals surface area (Å²) in [4.78, 5) is 24.2. The first-order valence-electron chi connectivity index (χ1n) is 10.5. The van der Waals surface area contributed by atoms with Crippen LogP contribution in [-0.2, 0) is 11.3 Å². The van der Waals surface area contributed by atoms with Gasteiger partial charge in [0.1, 0.15) is 6.54 Å². The second-order valence-electron chi connectivity index (χ2n) is 7.72. The molecule has 164 valence electrons. The predicted octanol–water partition coefficient (Wildman–Crippen LogP) is 3.89. The molecular formula is C24H23N3O4S. The third-order valence-corrected chi connectivity index (χ3v) is 6.73. The molecule has 4 rings (SSSR count). The Hall–Kier alpha value is -3.39. The third kappa shape index (κ3) is 4.60. The lowest BCUT2D eigenvalue weighted by Crippen LogP contribution is -2.34. The van der Waals surface area contributed by atoms with Crippen LogP contribution in [0, 0.1) is 10.1 Å². The number of carbonyl (C=O) groups excluding carboxylic acids is 1. The summed E-state index contributed by atoms with van der Waals surface area (Å²) in [5.41, 5.74) is 3.24. The standard InChI is InChI=1S/C24H23N3O4S/c1-25-21-11-10-18(27(30)31)16-22(21)32-23(25)15-17-12-14-26(13-6-2-3-9-24(28)29)20-8-5-4-7-19(17)20/h4-5,7-8,10-12,14-16H,2-3,6,9,13H2,1H3. The van der Waals surface area contributed by atoms with Gasteiger partial charge in [-0.05, 0) is 43.0 Å². The number of carbonyl (C=O) groups is 1. The van der Waals surface area contributed by atoms with Crippen molar-refractivity contribution in [2.24, 2.45) is 0 Å². The molecule has 0 saturated heterocycles.